The van der Waals surface area contributed by atoms with Crippen LogP contribution in [0.3, 0.4) is 0 Å². The lowest BCUT2D eigenvalue weighted by Gasteiger charge is -2.36. The first-order chi connectivity index (χ1) is 15.2. The summed E-state index contributed by atoms with van der Waals surface area (Å²) < 4.78 is 1.69. The van der Waals surface area contributed by atoms with Gasteiger partial charge in [-0.25, -0.2) is 4.98 Å². The van der Waals surface area contributed by atoms with Gasteiger partial charge in [0.2, 0.25) is 0 Å². The highest BCUT2D eigenvalue weighted by Gasteiger charge is 2.26. The molecule has 6 rings (SSSR count). The predicted molar refractivity (Wildman–Crippen MR) is 117 cm³/mol. The second kappa shape index (κ2) is 7.19. The third kappa shape index (κ3) is 3.41. The second-order valence-corrected chi connectivity index (χ2v) is 8.09. The molecule has 31 heavy (non-hydrogen) atoms. The fraction of sp³-hybridized carbons (Fsp3) is 0.318. The zero-order valence-corrected chi connectivity index (χ0v) is 17.0. The van der Waals surface area contributed by atoms with Gasteiger partial charge in [0.05, 0.1) is 11.1 Å². The van der Waals surface area contributed by atoms with E-state index in [1.807, 2.05) is 42.5 Å². The number of pyridine rings is 1. The van der Waals surface area contributed by atoms with Gasteiger partial charge in [-0.1, -0.05) is 18.2 Å². The molecule has 0 radical (unpaired) electrons. The Hall–Kier alpha value is -3.75. The van der Waals surface area contributed by atoms with Crippen LogP contribution in [0.15, 0.2) is 48.8 Å². The number of nitrogens with zero attached hydrogens (tertiary/aromatic N) is 7. The van der Waals surface area contributed by atoms with Gasteiger partial charge in [-0.05, 0) is 37.1 Å². The number of hydrogen-bond acceptors (Lipinski definition) is 7. The first-order valence-electron chi connectivity index (χ1n) is 10.6. The van der Waals surface area contributed by atoms with Crippen molar-refractivity contribution < 1.29 is 4.79 Å². The number of para-hydroxylation sites is 1. The normalized spacial score (nSPS) is 16.8. The highest BCUT2D eigenvalue weighted by atomic mass is 16.1. The van der Waals surface area contributed by atoms with Crippen LogP contribution in [0.2, 0.25) is 0 Å². The zero-order chi connectivity index (χ0) is 20.8. The quantitative estimate of drug-likeness (QED) is 0.545. The van der Waals surface area contributed by atoms with E-state index < -0.39 is 0 Å². The minimum absolute atomic E-state index is 0.00701. The Bertz CT molecular complexity index is 1270. The van der Waals surface area contributed by atoms with Gasteiger partial charge in [-0.2, -0.15) is 4.52 Å². The van der Waals surface area contributed by atoms with Crippen molar-refractivity contribution in [2.75, 3.05) is 36.0 Å². The smallest absolute Gasteiger partial charge is 0.252 e. The molecule has 2 fully saturated rings. The molecule has 9 heteroatoms. The number of nitrogens with one attached hydrogen (secondary N) is 1. The molecule has 156 valence electrons. The number of carbonyl (C=O) groups excluding carboxylic acids is 1. The van der Waals surface area contributed by atoms with Gasteiger partial charge >= 0.3 is 0 Å². The Morgan fingerprint density at radius 1 is 0.968 bits per heavy atom. The van der Waals surface area contributed by atoms with Crippen LogP contribution in [-0.4, -0.2) is 62.9 Å². The average Bonchev–Trinajstić information content (AvgIpc) is 3.50. The minimum atomic E-state index is -0.00701. The van der Waals surface area contributed by atoms with Crippen molar-refractivity contribution in [2.24, 2.45) is 0 Å². The molecule has 1 aromatic carbocycles. The summed E-state index contributed by atoms with van der Waals surface area (Å²) in [6, 6.07) is 14.0. The van der Waals surface area contributed by atoms with E-state index in [4.69, 9.17) is 4.98 Å². The number of anilines is 2. The van der Waals surface area contributed by atoms with Gasteiger partial charge in [0.1, 0.15) is 18.0 Å². The van der Waals surface area contributed by atoms with Crippen LogP contribution in [-0.2, 0) is 0 Å². The SMILES string of the molecule is O=C(NC1CC1)c1cc(N2CCN(c3ccc4nncn4n3)CC2)nc2ccccc12. The lowest BCUT2D eigenvalue weighted by Crippen LogP contribution is -2.47. The number of carbonyl (C=O) groups is 1. The average molecular weight is 414 g/mol. The summed E-state index contributed by atoms with van der Waals surface area (Å²) in [6.07, 6.45) is 3.75. The van der Waals surface area contributed by atoms with E-state index in [1.165, 1.54) is 0 Å². The van der Waals surface area contributed by atoms with E-state index in [1.54, 1.807) is 10.8 Å². The number of piperazine rings is 1. The Balaban J connectivity index is 1.25. The molecule has 1 N–H and O–H groups in total. The zero-order valence-electron chi connectivity index (χ0n) is 17.0. The highest BCUT2D eigenvalue weighted by molar-refractivity contribution is 6.07. The molecule has 0 unspecified atom stereocenters. The van der Waals surface area contributed by atoms with Gasteiger partial charge < -0.3 is 15.1 Å². The van der Waals surface area contributed by atoms with E-state index in [9.17, 15) is 4.79 Å². The molecule has 2 aliphatic rings. The standard InChI is InChI=1S/C22H22N8O/c31-22(24-15-5-6-15)17-13-21(25-18-4-2-1-3-16(17)18)29-11-9-28(10-12-29)20-8-7-19-26-23-14-30(19)27-20/h1-4,7-8,13-15H,5-6,9-12H2,(H,24,31). The fourth-order valence-corrected chi connectivity index (χ4v) is 4.05. The molecule has 1 aliphatic heterocycles. The van der Waals surface area contributed by atoms with Crippen molar-refractivity contribution in [1.82, 2.24) is 30.1 Å². The molecule has 1 saturated heterocycles. The minimum Gasteiger partial charge on any atom is -0.353 e. The summed E-state index contributed by atoms with van der Waals surface area (Å²) in [4.78, 5) is 22.2. The molecular formula is C22H22N8O. The number of hydrogen-bond donors (Lipinski definition) is 1. The number of rotatable bonds is 4. The lowest BCUT2D eigenvalue weighted by atomic mass is 10.1. The van der Waals surface area contributed by atoms with Gasteiger partial charge in [-0.3, -0.25) is 4.79 Å². The molecule has 1 aliphatic carbocycles. The van der Waals surface area contributed by atoms with Crippen LogP contribution >= 0.6 is 0 Å². The monoisotopic (exact) mass is 414 g/mol. The molecule has 0 atom stereocenters. The summed E-state index contributed by atoms with van der Waals surface area (Å²) in [5, 5.41) is 16.5. The second-order valence-electron chi connectivity index (χ2n) is 8.09. The predicted octanol–water partition coefficient (Wildman–Crippen LogP) is 1.89. The lowest BCUT2D eigenvalue weighted by molar-refractivity contribution is 0.0952. The Kier molecular flexibility index (Phi) is 4.19. The largest absolute Gasteiger partial charge is 0.353 e. The van der Waals surface area contributed by atoms with Crippen molar-refractivity contribution in [1.29, 1.82) is 0 Å². The van der Waals surface area contributed by atoms with Crippen LogP contribution in [0, 0.1) is 0 Å². The van der Waals surface area contributed by atoms with Crippen LogP contribution < -0.4 is 15.1 Å². The van der Waals surface area contributed by atoms with E-state index >= 15 is 0 Å². The molecule has 3 aromatic heterocycles. The van der Waals surface area contributed by atoms with Gasteiger partial charge in [0.25, 0.3) is 5.91 Å². The summed E-state index contributed by atoms with van der Waals surface area (Å²) in [5.74, 6) is 1.75. The number of aromatic nitrogens is 5. The van der Waals surface area contributed by atoms with E-state index in [-0.39, 0.29) is 5.91 Å². The van der Waals surface area contributed by atoms with E-state index in [0.29, 0.717) is 11.6 Å². The molecule has 4 heterocycles. The molecule has 0 bridgehead atoms. The molecular weight excluding hydrogens is 392 g/mol. The third-order valence-electron chi connectivity index (χ3n) is 5.94. The highest BCUT2D eigenvalue weighted by Crippen LogP contribution is 2.26. The van der Waals surface area contributed by atoms with Crippen molar-refractivity contribution in [3.8, 4) is 0 Å². The topological polar surface area (TPSA) is 91.6 Å². The number of amides is 1. The number of fused-ring (bicyclic) bond motifs is 2. The van der Waals surface area contributed by atoms with Gasteiger partial charge in [-0.15, -0.1) is 15.3 Å². The first-order valence-corrected chi connectivity index (χ1v) is 10.6. The maximum Gasteiger partial charge on any atom is 0.252 e. The van der Waals surface area contributed by atoms with Gasteiger partial charge in [0, 0.05) is 37.6 Å². The van der Waals surface area contributed by atoms with Crippen molar-refractivity contribution in [2.45, 2.75) is 18.9 Å². The number of benzene rings is 1. The van der Waals surface area contributed by atoms with Crippen LogP contribution in [0.25, 0.3) is 16.6 Å². The maximum absolute atomic E-state index is 12.9. The van der Waals surface area contributed by atoms with Crippen molar-refractivity contribution in [3.05, 3.63) is 54.4 Å². The molecule has 1 saturated carbocycles. The van der Waals surface area contributed by atoms with Crippen LogP contribution in [0.4, 0.5) is 11.6 Å². The first kappa shape index (κ1) is 18.1. The van der Waals surface area contributed by atoms with Gasteiger partial charge in [0.15, 0.2) is 5.65 Å². The van der Waals surface area contributed by atoms with Crippen molar-refractivity contribution in [3.63, 3.8) is 0 Å². The molecule has 1 amide bonds. The van der Waals surface area contributed by atoms with E-state index in [2.05, 4.69) is 30.4 Å². The molecule has 9 nitrogen and oxygen atoms in total. The molecule has 4 aromatic rings. The molecule has 0 spiro atoms. The van der Waals surface area contributed by atoms with Crippen LogP contribution in [0.5, 0.6) is 0 Å². The Labute approximate surface area is 178 Å². The maximum atomic E-state index is 12.9. The summed E-state index contributed by atoms with van der Waals surface area (Å²) in [6.45, 7) is 3.24. The van der Waals surface area contributed by atoms with Crippen LogP contribution in [0.1, 0.15) is 23.2 Å². The third-order valence-corrected chi connectivity index (χ3v) is 5.94. The summed E-state index contributed by atoms with van der Waals surface area (Å²) >= 11 is 0. The summed E-state index contributed by atoms with van der Waals surface area (Å²) in [7, 11) is 0. The van der Waals surface area contributed by atoms with Crippen molar-refractivity contribution >= 4 is 34.1 Å². The fourth-order valence-electron chi connectivity index (χ4n) is 4.05. The Morgan fingerprint density at radius 2 is 1.74 bits per heavy atom. The Morgan fingerprint density at radius 3 is 2.55 bits per heavy atom. The summed E-state index contributed by atoms with van der Waals surface area (Å²) in [5.41, 5.74) is 2.29. The van der Waals surface area contributed by atoms with E-state index in [0.717, 1.165) is 67.2 Å².